The molecule has 24 heavy (non-hydrogen) atoms. The van der Waals surface area contributed by atoms with E-state index < -0.39 is 0 Å². The molecule has 4 rings (SSSR count). The van der Waals surface area contributed by atoms with Gasteiger partial charge in [0, 0.05) is 13.0 Å². The highest BCUT2D eigenvalue weighted by Crippen LogP contribution is 2.18. The molecule has 0 saturated carbocycles. The monoisotopic (exact) mass is 325 g/mol. The van der Waals surface area contributed by atoms with Crippen LogP contribution < -0.4 is 15.4 Å². The fourth-order valence-corrected chi connectivity index (χ4v) is 2.58. The van der Waals surface area contributed by atoms with Crippen LogP contribution in [0.25, 0.3) is 16.9 Å². The molecule has 1 aliphatic heterocycles. The van der Waals surface area contributed by atoms with E-state index >= 15 is 0 Å². The first-order chi connectivity index (χ1) is 11.7. The Labute approximate surface area is 137 Å². The zero-order valence-electron chi connectivity index (χ0n) is 12.9. The molecule has 9 heteroatoms. The zero-order chi connectivity index (χ0) is 16.5. The minimum atomic E-state index is -0.0136. The second kappa shape index (κ2) is 5.76. The number of nitrogens with zero attached hydrogens (tertiary/aromatic N) is 5. The summed E-state index contributed by atoms with van der Waals surface area (Å²) in [5.74, 6) is 1.23. The molecular weight excluding hydrogens is 310 g/mol. The molecule has 1 unspecified atom stereocenters. The van der Waals surface area contributed by atoms with Crippen LogP contribution in [0.15, 0.2) is 30.5 Å². The lowest BCUT2D eigenvalue weighted by molar-refractivity contribution is -0.119. The largest absolute Gasteiger partial charge is 0.497 e. The van der Waals surface area contributed by atoms with Crippen LogP contribution in [0.4, 0.5) is 5.95 Å². The van der Waals surface area contributed by atoms with Gasteiger partial charge in [-0.3, -0.25) is 4.79 Å². The quantitative estimate of drug-likeness (QED) is 0.720. The lowest BCUT2D eigenvalue weighted by atomic mass is 10.2. The lowest BCUT2D eigenvalue weighted by Crippen LogP contribution is -2.23. The van der Waals surface area contributed by atoms with Crippen molar-refractivity contribution in [2.45, 2.75) is 12.5 Å². The van der Waals surface area contributed by atoms with Gasteiger partial charge in [-0.15, -0.1) is 5.10 Å². The molecule has 1 fully saturated rings. The number of ether oxygens (including phenoxy) is 1. The van der Waals surface area contributed by atoms with E-state index in [2.05, 4.69) is 30.9 Å². The molecule has 1 aliphatic rings. The topological polar surface area (TPSA) is 107 Å². The van der Waals surface area contributed by atoms with Gasteiger partial charge in [0.05, 0.1) is 25.0 Å². The maximum absolute atomic E-state index is 11.3. The number of nitrogens with one attached hydrogen (secondary N) is 2. The van der Waals surface area contributed by atoms with Gasteiger partial charge in [-0.2, -0.15) is 9.67 Å². The Morgan fingerprint density at radius 3 is 2.88 bits per heavy atom. The van der Waals surface area contributed by atoms with Gasteiger partial charge in [0.1, 0.15) is 5.75 Å². The average Bonchev–Trinajstić information content (AvgIpc) is 3.21. The van der Waals surface area contributed by atoms with E-state index in [1.165, 1.54) is 0 Å². The first-order valence-corrected chi connectivity index (χ1v) is 7.49. The van der Waals surface area contributed by atoms with E-state index in [-0.39, 0.29) is 11.9 Å². The van der Waals surface area contributed by atoms with Gasteiger partial charge in [-0.05, 0) is 24.3 Å². The number of carbonyl (C=O) groups excluding carboxylic acids is 1. The number of methoxy groups -OCH3 is 1. The number of hydrogen-bond acceptors (Lipinski definition) is 7. The summed E-state index contributed by atoms with van der Waals surface area (Å²) >= 11 is 0. The number of fused-ring (bicyclic) bond motifs is 1. The van der Waals surface area contributed by atoms with Crippen molar-refractivity contribution >= 4 is 23.0 Å². The van der Waals surface area contributed by atoms with Gasteiger partial charge >= 0.3 is 0 Å². The highest BCUT2D eigenvalue weighted by atomic mass is 16.5. The van der Waals surface area contributed by atoms with Crippen LogP contribution in [0.1, 0.15) is 6.42 Å². The number of rotatable bonds is 4. The fraction of sp³-hybridized carbons (Fsp3) is 0.267. The molecule has 0 bridgehead atoms. The number of carbonyl (C=O) groups is 1. The van der Waals surface area contributed by atoms with Crippen LogP contribution in [0.5, 0.6) is 5.75 Å². The average molecular weight is 325 g/mol. The second-order valence-corrected chi connectivity index (χ2v) is 5.45. The Hall–Kier alpha value is -3.23. The van der Waals surface area contributed by atoms with Gasteiger partial charge in [0.15, 0.2) is 11.2 Å². The molecular formula is C15H15N7O2. The van der Waals surface area contributed by atoms with E-state index in [1.54, 1.807) is 18.0 Å². The van der Waals surface area contributed by atoms with E-state index in [4.69, 9.17) is 4.74 Å². The Morgan fingerprint density at radius 1 is 1.33 bits per heavy atom. The molecule has 0 radical (unpaired) electrons. The highest BCUT2D eigenvalue weighted by molar-refractivity contribution is 5.79. The summed E-state index contributed by atoms with van der Waals surface area (Å²) in [7, 11) is 1.62. The SMILES string of the molecule is COc1ccc(-n2nnc3cnc(NC4CNC(=O)C4)nc32)cc1. The molecule has 0 spiro atoms. The van der Waals surface area contributed by atoms with E-state index in [0.717, 1.165) is 11.4 Å². The van der Waals surface area contributed by atoms with Crippen LogP contribution >= 0.6 is 0 Å². The van der Waals surface area contributed by atoms with Crippen molar-refractivity contribution in [1.82, 2.24) is 30.3 Å². The fourth-order valence-electron chi connectivity index (χ4n) is 2.58. The molecule has 122 valence electrons. The lowest BCUT2D eigenvalue weighted by Gasteiger charge is -2.10. The second-order valence-electron chi connectivity index (χ2n) is 5.45. The molecule has 3 heterocycles. The van der Waals surface area contributed by atoms with Gasteiger partial charge < -0.3 is 15.4 Å². The van der Waals surface area contributed by atoms with Gasteiger partial charge in [-0.25, -0.2) is 4.98 Å². The number of amides is 1. The highest BCUT2D eigenvalue weighted by Gasteiger charge is 2.22. The maximum atomic E-state index is 11.3. The van der Waals surface area contributed by atoms with Crippen LogP contribution in [-0.2, 0) is 4.79 Å². The summed E-state index contributed by atoms with van der Waals surface area (Å²) in [5, 5.41) is 14.1. The molecule has 2 N–H and O–H groups in total. The number of hydrogen-bond donors (Lipinski definition) is 2. The van der Waals surface area contributed by atoms with Crippen molar-refractivity contribution in [3.8, 4) is 11.4 Å². The molecule has 1 amide bonds. The summed E-state index contributed by atoms with van der Waals surface area (Å²) in [5.41, 5.74) is 2.01. The minimum Gasteiger partial charge on any atom is -0.497 e. The van der Waals surface area contributed by atoms with Crippen LogP contribution in [-0.4, -0.2) is 50.6 Å². The Morgan fingerprint density at radius 2 is 2.17 bits per heavy atom. The number of benzene rings is 1. The summed E-state index contributed by atoms with van der Waals surface area (Å²) in [6.45, 7) is 0.566. The van der Waals surface area contributed by atoms with Crippen LogP contribution in [0.2, 0.25) is 0 Å². The van der Waals surface area contributed by atoms with Gasteiger partial charge in [0.25, 0.3) is 0 Å². The molecule has 3 aromatic rings. The van der Waals surface area contributed by atoms with Gasteiger partial charge in [-0.1, -0.05) is 5.21 Å². The molecule has 9 nitrogen and oxygen atoms in total. The van der Waals surface area contributed by atoms with E-state index in [9.17, 15) is 4.79 Å². The van der Waals surface area contributed by atoms with Crippen molar-refractivity contribution < 1.29 is 9.53 Å². The summed E-state index contributed by atoms with van der Waals surface area (Å²) in [6.07, 6.45) is 2.03. The molecule has 1 aromatic carbocycles. The Balaban J connectivity index is 1.66. The first kappa shape index (κ1) is 14.4. The van der Waals surface area contributed by atoms with Crippen molar-refractivity contribution in [3.63, 3.8) is 0 Å². The van der Waals surface area contributed by atoms with Crippen LogP contribution in [0, 0.1) is 0 Å². The predicted octanol–water partition coefficient (Wildman–Crippen LogP) is 0.519. The standard InChI is InChI=1S/C15H15N7O2/c1-24-11-4-2-10(3-5-11)22-14-12(20-21-22)8-17-15(19-14)18-9-6-13(23)16-7-9/h2-5,8-9H,6-7H2,1H3,(H,16,23)(H,17,18,19). The Kier molecular flexibility index (Phi) is 3.45. The van der Waals surface area contributed by atoms with Gasteiger partial charge in [0.2, 0.25) is 11.9 Å². The third-order valence-electron chi connectivity index (χ3n) is 3.82. The van der Waals surface area contributed by atoms with Crippen molar-refractivity contribution in [2.75, 3.05) is 19.0 Å². The van der Waals surface area contributed by atoms with Crippen molar-refractivity contribution in [3.05, 3.63) is 30.5 Å². The molecule has 1 atom stereocenters. The summed E-state index contributed by atoms with van der Waals surface area (Å²) in [4.78, 5) is 20.0. The van der Waals surface area contributed by atoms with Crippen LogP contribution in [0.3, 0.4) is 0 Å². The predicted molar refractivity (Wildman–Crippen MR) is 86.0 cm³/mol. The van der Waals surface area contributed by atoms with Crippen molar-refractivity contribution in [1.29, 1.82) is 0 Å². The summed E-state index contributed by atoms with van der Waals surface area (Å²) in [6, 6.07) is 7.43. The zero-order valence-corrected chi connectivity index (χ0v) is 12.9. The van der Waals surface area contributed by atoms with E-state index in [1.807, 2.05) is 24.3 Å². The number of aromatic nitrogens is 5. The normalized spacial score (nSPS) is 17.0. The molecule has 0 aliphatic carbocycles. The third-order valence-corrected chi connectivity index (χ3v) is 3.82. The third kappa shape index (κ3) is 2.60. The summed E-state index contributed by atoms with van der Waals surface area (Å²) < 4.78 is 6.80. The number of anilines is 1. The Bertz CT molecular complexity index is 890. The maximum Gasteiger partial charge on any atom is 0.225 e. The van der Waals surface area contributed by atoms with E-state index in [0.29, 0.717) is 30.1 Å². The first-order valence-electron chi connectivity index (χ1n) is 7.49. The molecule has 2 aromatic heterocycles. The molecule has 1 saturated heterocycles. The smallest absolute Gasteiger partial charge is 0.225 e. The minimum absolute atomic E-state index is 0.0136. The van der Waals surface area contributed by atoms with Crippen molar-refractivity contribution in [2.24, 2.45) is 0 Å².